The number of aliphatic carboxylic acids is 1. The smallest absolute Gasteiger partial charge is 0.323 e. The fraction of sp³-hybridized carbons (Fsp3) is 0.385. The summed E-state index contributed by atoms with van der Waals surface area (Å²) in [6.07, 6.45) is 0. The number of ether oxygens (including phenoxy) is 1. The van der Waals surface area contributed by atoms with Crippen LogP contribution in [0.15, 0.2) is 18.2 Å². The zero-order valence-electron chi connectivity index (χ0n) is 10.9. The third-order valence-electron chi connectivity index (χ3n) is 2.48. The predicted octanol–water partition coefficient (Wildman–Crippen LogP) is 1.77. The van der Waals surface area contributed by atoms with Crippen LogP contribution in [-0.4, -0.2) is 41.6 Å². The van der Waals surface area contributed by atoms with Gasteiger partial charge < -0.3 is 14.7 Å². The number of hydrogen-bond acceptors (Lipinski definition) is 3. The summed E-state index contributed by atoms with van der Waals surface area (Å²) in [5.41, 5.74) is 0.0324. The summed E-state index contributed by atoms with van der Waals surface area (Å²) >= 11 is 0. The average Bonchev–Trinajstić information content (AvgIpc) is 2.37. The van der Waals surface area contributed by atoms with Gasteiger partial charge >= 0.3 is 5.97 Å². The lowest BCUT2D eigenvalue weighted by atomic mass is 10.1. The fourth-order valence-corrected chi connectivity index (χ4v) is 1.63. The fourth-order valence-electron chi connectivity index (χ4n) is 1.63. The van der Waals surface area contributed by atoms with Crippen molar-refractivity contribution in [2.24, 2.45) is 0 Å². The molecule has 0 aliphatic rings. The number of halogens is 1. The van der Waals surface area contributed by atoms with Gasteiger partial charge in [0, 0.05) is 6.54 Å². The predicted molar refractivity (Wildman–Crippen MR) is 66.8 cm³/mol. The highest BCUT2D eigenvalue weighted by atomic mass is 19.1. The molecule has 0 unspecified atom stereocenters. The lowest BCUT2D eigenvalue weighted by Crippen LogP contribution is -2.35. The van der Waals surface area contributed by atoms with Crippen LogP contribution in [0.25, 0.3) is 0 Å². The van der Waals surface area contributed by atoms with Crippen molar-refractivity contribution in [1.82, 2.24) is 4.90 Å². The molecule has 1 amide bonds. The van der Waals surface area contributed by atoms with Gasteiger partial charge in [0.15, 0.2) is 11.6 Å². The number of carboxylic acids is 1. The zero-order valence-corrected chi connectivity index (χ0v) is 10.9. The minimum absolute atomic E-state index is 0.0324. The van der Waals surface area contributed by atoms with Crippen molar-refractivity contribution in [2.45, 2.75) is 13.8 Å². The Bertz CT molecular complexity index is 476. The number of carboxylic acid groups (broad SMARTS) is 1. The molecule has 6 heteroatoms. The van der Waals surface area contributed by atoms with E-state index in [9.17, 15) is 14.0 Å². The highest BCUT2D eigenvalue weighted by Crippen LogP contribution is 2.24. The van der Waals surface area contributed by atoms with Crippen molar-refractivity contribution in [3.63, 3.8) is 0 Å². The van der Waals surface area contributed by atoms with E-state index in [1.165, 1.54) is 18.2 Å². The van der Waals surface area contributed by atoms with E-state index in [2.05, 4.69) is 0 Å². The summed E-state index contributed by atoms with van der Waals surface area (Å²) in [7, 11) is 0. The second-order valence-corrected chi connectivity index (χ2v) is 3.76. The topological polar surface area (TPSA) is 66.8 Å². The second-order valence-electron chi connectivity index (χ2n) is 3.76. The minimum atomic E-state index is -1.12. The SMILES string of the molecule is CCOc1c(F)cccc1C(=O)N(CC)CC(=O)O. The van der Waals surface area contributed by atoms with E-state index in [4.69, 9.17) is 9.84 Å². The standard InChI is InChI=1S/C13H16FNO4/c1-3-15(8-11(16)17)13(18)9-6-5-7-10(14)12(9)19-4-2/h5-7H,3-4,8H2,1-2H3,(H,16,17). The normalized spacial score (nSPS) is 10.1. The molecule has 104 valence electrons. The number of rotatable bonds is 6. The van der Waals surface area contributed by atoms with E-state index in [1.54, 1.807) is 13.8 Å². The van der Waals surface area contributed by atoms with Crippen molar-refractivity contribution >= 4 is 11.9 Å². The molecular weight excluding hydrogens is 253 g/mol. The van der Waals surface area contributed by atoms with Crippen LogP contribution in [0.3, 0.4) is 0 Å². The van der Waals surface area contributed by atoms with Crippen LogP contribution in [0.4, 0.5) is 4.39 Å². The highest BCUT2D eigenvalue weighted by Gasteiger charge is 2.22. The largest absolute Gasteiger partial charge is 0.490 e. The first-order chi connectivity index (χ1) is 9.01. The molecule has 0 fully saturated rings. The van der Waals surface area contributed by atoms with Gasteiger partial charge in [-0.2, -0.15) is 0 Å². The molecule has 0 saturated carbocycles. The second kappa shape index (κ2) is 6.72. The minimum Gasteiger partial charge on any atom is -0.490 e. The van der Waals surface area contributed by atoms with Gasteiger partial charge in [-0.3, -0.25) is 9.59 Å². The number of benzene rings is 1. The van der Waals surface area contributed by atoms with Crippen LogP contribution in [0.5, 0.6) is 5.75 Å². The zero-order chi connectivity index (χ0) is 14.4. The molecule has 0 aliphatic heterocycles. The first kappa shape index (κ1) is 14.9. The van der Waals surface area contributed by atoms with E-state index in [0.29, 0.717) is 0 Å². The monoisotopic (exact) mass is 269 g/mol. The van der Waals surface area contributed by atoms with Crippen molar-refractivity contribution in [2.75, 3.05) is 19.7 Å². The Morgan fingerprint density at radius 1 is 1.37 bits per heavy atom. The molecule has 0 bridgehead atoms. The Morgan fingerprint density at radius 2 is 2.05 bits per heavy atom. The van der Waals surface area contributed by atoms with Gasteiger partial charge in [0.25, 0.3) is 5.91 Å². The lowest BCUT2D eigenvalue weighted by Gasteiger charge is -2.20. The Balaban J connectivity index is 3.10. The molecule has 0 aliphatic carbocycles. The molecule has 1 N–H and O–H groups in total. The molecule has 0 radical (unpaired) electrons. The Morgan fingerprint density at radius 3 is 2.58 bits per heavy atom. The van der Waals surface area contributed by atoms with E-state index < -0.39 is 24.2 Å². The summed E-state index contributed by atoms with van der Waals surface area (Å²) in [4.78, 5) is 24.0. The maximum absolute atomic E-state index is 13.6. The van der Waals surface area contributed by atoms with Crippen LogP contribution in [0.2, 0.25) is 0 Å². The Hall–Kier alpha value is -2.11. The number of nitrogens with zero attached hydrogens (tertiary/aromatic N) is 1. The molecule has 1 aromatic carbocycles. The van der Waals surface area contributed by atoms with Crippen molar-refractivity contribution < 1.29 is 23.8 Å². The first-order valence-corrected chi connectivity index (χ1v) is 5.93. The van der Waals surface area contributed by atoms with Gasteiger partial charge in [-0.25, -0.2) is 4.39 Å². The maximum atomic E-state index is 13.6. The molecule has 0 heterocycles. The van der Waals surface area contributed by atoms with E-state index >= 15 is 0 Å². The third kappa shape index (κ3) is 3.67. The third-order valence-corrected chi connectivity index (χ3v) is 2.48. The molecule has 5 nitrogen and oxygen atoms in total. The average molecular weight is 269 g/mol. The Kier molecular flexibility index (Phi) is 5.29. The van der Waals surface area contributed by atoms with Crippen LogP contribution in [0.1, 0.15) is 24.2 Å². The first-order valence-electron chi connectivity index (χ1n) is 5.93. The van der Waals surface area contributed by atoms with Gasteiger partial charge in [-0.1, -0.05) is 6.07 Å². The summed E-state index contributed by atoms with van der Waals surface area (Å²) in [5.74, 6) is -2.46. The molecule has 1 aromatic rings. The number of hydrogen-bond donors (Lipinski definition) is 1. The van der Waals surface area contributed by atoms with E-state index in [-0.39, 0.29) is 24.5 Å². The van der Waals surface area contributed by atoms with Gasteiger partial charge in [0.1, 0.15) is 6.54 Å². The molecule has 0 aromatic heterocycles. The lowest BCUT2D eigenvalue weighted by molar-refractivity contribution is -0.137. The quantitative estimate of drug-likeness (QED) is 0.854. The summed E-state index contributed by atoms with van der Waals surface area (Å²) in [6.45, 7) is 3.33. The van der Waals surface area contributed by atoms with E-state index in [0.717, 1.165) is 4.90 Å². The molecule has 1 rings (SSSR count). The number of likely N-dealkylation sites (N-methyl/N-ethyl adjacent to an activating group) is 1. The molecular formula is C13H16FNO4. The Labute approximate surface area is 110 Å². The van der Waals surface area contributed by atoms with Crippen LogP contribution >= 0.6 is 0 Å². The molecule has 0 saturated heterocycles. The molecule has 0 atom stereocenters. The number of carbonyl (C=O) groups is 2. The van der Waals surface area contributed by atoms with Crippen molar-refractivity contribution in [3.8, 4) is 5.75 Å². The van der Waals surface area contributed by atoms with Gasteiger partial charge in [-0.15, -0.1) is 0 Å². The molecule has 19 heavy (non-hydrogen) atoms. The summed E-state index contributed by atoms with van der Waals surface area (Å²) in [6, 6.07) is 4.00. The summed E-state index contributed by atoms with van der Waals surface area (Å²) < 4.78 is 18.7. The molecule has 0 spiro atoms. The highest BCUT2D eigenvalue weighted by molar-refractivity contribution is 5.98. The van der Waals surface area contributed by atoms with Gasteiger partial charge in [-0.05, 0) is 26.0 Å². The van der Waals surface area contributed by atoms with Crippen molar-refractivity contribution in [3.05, 3.63) is 29.6 Å². The van der Waals surface area contributed by atoms with Crippen LogP contribution in [0, 0.1) is 5.82 Å². The summed E-state index contributed by atoms with van der Waals surface area (Å²) in [5, 5.41) is 8.74. The van der Waals surface area contributed by atoms with Crippen molar-refractivity contribution in [1.29, 1.82) is 0 Å². The number of para-hydroxylation sites is 1. The maximum Gasteiger partial charge on any atom is 0.323 e. The van der Waals surface area contributed by atoms with E-state index in [1.807, 2.05) is 0 Å². The van der Waals surface area contributed by atoms with Crippen LogP contribution in [-0.2, 0) is 4.79 Å². The number of carbonyl (C=O) groups excluding carboxylic acids is 1. The van der Waals surface area contributed by atoms with Gasteiger partial charge in [0.2, 0.25) is 0 Å². The van der Waals surface area contributed by atoms with Gasteiger partial charge in [0.05, 0.1) is 12.2 Å². The van der Waals surface area contributed by atoms with Crippen LogP contribution < -0.4 is 4.74 Å². The number of amides is 1.